The van der Waals surface area contributed by atoms with E-state index in [4.69, 9.17) is 10.00 Å². The van der Waals surface area contributed by atoms with E-state index in [1.165, 1.54) is 31.0 Å². The second kappa shape index (κ2) is 8.20. The number of anilines is 1. The number of thioether (sulfide) groups is 1. The molecule has 0 atom stereocenters. The Labute approximate surface area is 138 Å². The number of para-hydroxylation sites is 1. The lowest BCUT2D eigenvalue weighted by Crippen LogP contribution is -2.15. The summed E-state index contributed by atoms with van der Waals surface area (Å²) in [5.74, 6) is 0.684. The number of methoxy groups -OCH3 is 1. The number of rotatable bonds is 6. The Bertz CT molecular complexity index is 744. The summed E-state index contributed by atoms with van der Waals surface area (Å²) < 4.78 is 18.4. The first-order valence-corrected chi connectivity index (χ1v) is 7.98. The van der Waals surface area contributed by atoms with E-state index in [0.29, 0.717) is 28.3 Å². The second-order valence-electron chi connectivity index (χ2n) is 4.65. The second-order valence-corrected chi connectivity index (χ2v) is 5.64. The van der Waals surface area contributed by atoms with Crippen LogP contribution in [0.4, 0.5) is 10.1 Å². The van der Waals surface area contributed by atoms with Crippen molar-refractivity contribution in [1.29, 1.82) is 5.26 Å². The van der Waals surface area contributed by atoms with Crippen molar-refractivity contribution in [2.75, 3.05) is 18.2 Å². The van der Waals surface area contributed by atoms with Gasteiger partial charge in [0, 0.05) is 11.3 Å². The zero-order chi connectivity index (χ0) is 16.7. The fourth-order valence-electron chi connectivity index (χ4n) is 1.99. The first-order valence-electron chi connectivity index (χ1n) is 6.83. The van der Waals surface area contributed by atoms with Gasteiger partial charge in [-0.15, -0.1) is 11.8 Å². The Morgan fingerprint density at radius 1 is 1.35 bits per heavy atom. The van der Waals surface area contributed by atoms with Crippen LogP contribution in [-0.4, -0.2) is 18.8 Å². The molecule has 2 aromatic carbocycles. The molecule has 0 bridgehead atoms. The highest BCUT2D eigenvalue weighted by Gasteiger charge is 2.09. The molecule has 118 valence electrons. The van der Waals surface area contributed by atoms with Crippen molar-refractivity contribution in [3.63, 3.8) is 0 Å². The van der Waals surface area contributed by atoms with Gasteiger partial charge in [-0.05, 0) is 30.3 Å². The Morgan fingerprint density at radius 2 is 2.13 bits per heavy atom. The maximum absolute atomic E-state index is 13.3. The molecule has 0 heterocycles. The van der Waals surface area contributed by atoms with Gasteiger partial charge < -0.3 is 10.1 Å². The number of nitriles is 1. The molecule has 0 saturated carbocycles. The van der Waals surface area contributed by atoms with E-state index in [-0.39, 0.29) is 17.5 Å². The number of hydrogen-bond donors (Lipinski definition) is 1. The summed E-state index contributed by atoms with van der Waals surface area (Å²) in [7, 11) is 1.52. The summed E-state index contributed by atoms with van der Waals surface area (Å²) in [5.41, 5.74) is 1.60. The van der Waals surface area contributed by atoms with Crippen LogP contribution >= 0.6 is 11.8 Å². The quantitative estimate of drug-likeness (QED) is 0.879. The van der Waals surface area contributed by atoms with E-state index < -0.39 is 0 Å². The number of amides is 1. The zero-order valence-electron chi connectivity index (χ0n) is 12.5. The van der Waals surface area contributed by atoms with Crippen LogP contribution < -0.4 is 10.1 Å². The summed E-state index contributed by atoms with van der Waals surface area (Å²) in [6, 6.07) is 13.1. The summed E-state index contributed by atoms with van der Waals surface area (Å²) in [5, 5.41) is 11.7. The molecule has 4 nitrogen and oxygen atoms in total. The van der Waals surface area contributed by atoms with E-state index in [9.17, 15) is 9.18 Å². The molecule has 23 heavy (non-hydrogen) atoms. The van der Waals surface area contributed by atoms with Crippen LogP contribution in [0.15, 0.2) is 42.5 Å². The third-order valence-electron chi connectivity index (χ3n) is 3.05. The van der Waals surface area contributed by atoms with Crippen LogP contribution in [0.5, 0.6) is 5.75 Å². The van der Waals surface area contributed by atoms with Crippen molar-refractivity contribution in [2.24, 2.45) is 0 Å². The lowest BCUT2D eigenvalue weighted by atomic mass is 10.2. The Kier molecular flexibility index (Phi) is 6.01. The van der Waals surface area contributed by atoms with Crippen molar-refractivity contribution in [2.45, 2.75) is 5.75 Å². The number of carbonyl (C=O) groups excluding carboxylic acids is 1. The topological polar surface area (TPSA) is 62.1 Å². The van der Waals surface area contributed by atoms with Crippen molar-refractivity contribution < 1.29 is 13.9 Å². The van der Waals surface area contributed by atoms with Crippen molar-refractivity contribution in [3.05, 3.63) is 59.4 Å². The van der Waals surface area contributed by atoms with Gasteiger partial charge in [0.05, 0.1) is 24.1 Å². The van der Waals surface area contributed by atoms with Gasteiger partial charge >= 0.3 is 0 Å². The SMILES string of the molecule is COc1ccc(F)cc1CSCC(=O)Nc1ccccc1C#N. The fourth-order valence-corrected chi connectivity index (χ4v) is 2.79. The van der Waals surface area contributed by atoms with Crippen molar-refractivity contribution in [3.8, 4) is 11.8 Å². The zero-order valence-corrected chi connectivity index (χ0v) is 13.3. The molecular formula is C17H15FN2O2S. The number of nitrogens with one attached hydrogen (secondary N) is 1. The predicted molar refractivity (Wildman–Crippen MR) is 88.9 cm³/mol. The minimum Gasteiger partial charge on any atom is -0.496 e. The normalized spacial score (nSPS) is 9.96. The standard InChI is InChI=1S/C17H15FN2O2S/c1-22-16-7-6-14(18)8-13(16)10-23-11-17(21)20-15-5-3-2-4-12(15)9-19/h2-8H,10-11H2,1H3,(H,20,21). The Balaban J connectivity index is 1.91. The molecule has 0 aliphatic rings. The van der Waals surface area contributed by atoms with E-state index in [1.807, 2.05) is 6.07 Å². The molecule has 1 N–H and O–H groups in total. The number of nitrogens with zero attached hydrogens (tertiary/aromatic N) is 1. The van der Waals surface area contributed by atoms with E-state index in [1.54, 1.807) is 30.3 Å². The summed E-state index contributed by atoms with van der Waals surface area (Å²) in [6.07, 6.45) is 0. The number of halogens is 1. The van der Waals surface area contributed by atoms with Gasteiger partial charge in [0.2, 0.25) is 5.91 Å². The van der Waals surface area contributed by atoms with E-state index in [2.05, 4.69) is 5.32 Å². The van der Waals surface area contributed by atoms with Gasteiger partial charge in [-0.3, -0.25) is 4.79 Å². The highest BCUT2D eigenvalue weighted by molar-refractivity contribution is 7.99. The molecule has 2 rings (SSSR count). The van der Waals surface area contributed by atoms with Crippen molar-refractivity contribution >= 4 is 23.4 Å². The third kappa shape index (κ3) is 4.73. The predicted octanol–water partition coefficient (Wildman–Crippen LogP) is 3.58. The monoisotopic (exact) mass is 330 g/mol. The summed E-state index contributed by atoms with van der Waals surface area (Å²) in [4.78, 5) is 11.9. The van der Waals surface area contributed by atoms with Crippen LogP contribution in [0.1, 0.15) is 11.1 Å². The average Bonchev–Trinajstić information content (AvgIpc) is 2.55. The molecule has 0 spiro atoms. The number of benzene rings is 2. The average molecular weight is 330 g/mol. The minimum absolute atomic E-state index is 0.194. The largest absolute Gasteiger partial charge is 0.496 e. The van der Waals surface area contributed by atoms with E-state index >= 15 is 0 Å². The first kappa shape index (κ1) is 16.8. The molecule has 6 heteroatoms. The lowest BCUT2D eigenvalue weighted by molar-refractivity contribution is -0.113. The van der Waals surface area contributed by atoms with Gasteiger partial charge in [0.15, 0.2) is 0 Å². The highest BCUT2D eigenvalue weighted by Crippen LogP contribution is 2.24. The summed E-state index contributed by atoms with van der Waals surface area (Å²) >= 11 is 1.34. The van der Waals surface area contributed by atoms with Crippen molar-refractivity contribution in [1.82, 2.24) is 0 Å². The minimum atomic E-state index is -0.339. The van der Waals surface area contributed by atoms with Crippen LogP contribution in [-0.2, 0) is 10.5 Å². The number of hydrogen-bond acceptors (Lipinski definition) is 4. The molecule has 0 aromatic heterocycles. The van der Waals surface area contributed by atoms with Gasteiger partial charge in [-0.2, -0.15) is 5.26 Å². The van der Waals surface area contributed by atoms with Gasteiger partial charge in [-0.1, -0.05) is 12.1 Å². The molecule has 0 fully saturated rings. The molecule has 0 aliphatic carbocycles. The third-order valence-corrected chi connectivity index (χ3v) is 4.04. The summed E-state index contributed by atoms with van der Waals surface area (Å²) in [6.45, 7) is 0. The van der Waals surface area contributed by atoms with Gasteiger partial charge in [0.25, 0.3) is 0 Å². The number of carbonyl (C=O) groups is 1. The van der Waals surface area contributed by atoms with Crippen LogP contribution in [0.2, 0.25) is 0 Å². The fraction of sp³-hybridized carbons (Fsp3) is 0.176. The highest BCUT2D eigenvalue weighted by atomic mass is 32.2. The Morgan fingerprint density at radius 3 is 2.87 bits per heavy atom. The molecular weight excluding hydrogens is 315 g/mol. The van der Waals surface area contributed by atoms with Crippen LogP contribution in [0, 0.1) is 17.1 Å². The molecule has 1 amide bonds. The maximum atomic E-state index is 13.3. The maximum Gasteiger partial charge on any atom is 0.234 e. The number of ether oxygens (including phenoxy) is 1. The molecule has 0 saturated heterocycles. The first-order chi connectivity index (χ1) is 11.1. The Hall–Kier alpha value is -2.52. The lowest BCUT2D eigenvalue weighted by Gasteiger charge is -2.09. The molecule has 0 aliphatic heterocycles. The smallest absolute Gasteiger partial charge is 0.234 e. The van der Waals surface area contributed by atoms with Gasteiger partial charge in [-0.25, -0.2) is 4.39 Å². The molecule has 0 unspecified atom stereocenters. The van der Waals surface area contributed by atoms with Crippen LogP contribution in [0.25, 0.3) is 0 Å². The van der Waals surface area contributed by atoms with E-state index in [0.717, 1.165) is 0 Å². The molecule has 2 aromatic rings. The molecule has 0 radical (unpaired) electrons. The van der Waals surface area contributed by atoms with Gasteiger partial charge in [0.1, 0.15) is 17.6 Å². The van der Waals surface area contributed by atoms with Crippen LogP contribution in [0.3, 0.4) is 0 Å².